The van der Waals surface area contributed by atoms with Crippen molar-refractivity contribution in [2.24, 2.45) is 0 Å². The van der Waals surface area contributed by atoms with E-state index >= 15 is 0 Å². The Labute approximate surface area is 110 Å². The van der Waals surface area contributed by atoms with Crippen molar-refractivity contribution in [3.05, 3.63) is 0 Å². The summed E-state index contributed by atoms with van der Waals surface area (Å²) in [6, 6.07) is 0.642. The molecule has 3 heteroatoms. The average Bonchev–Trinajstić information content (AvgIpc) is 2.76. The number of hydrogen-bond donors (Lipinski definition) is 1. The molecule has 2 saturated heterocycles. The maximum absolute atomic E-state index is 10.3. The van der Waals surface area contributed by atoms with Gasteiger partial charge in [0.05, 0.1) is 11.2 Å². The standard InChI is InChI=1S/C15H27NO2/c1-14(17)6-4-9-16(12-14)13-5-10-18-15(11-13)7-2-3-8-15/h13,17H,2-12H2,1H3. The molecule has 3 fully saturated rings. The van der Waals surface area contributed by atoms with Crippen LogP contribution in [0.4, 0.5) is 0 Å². The van der Waals surface area contributed by atoms with Gasteiger partial charge in [0.15, 0.2) is 0 Å². The van der Waals surface area contributed by atoms with Crippen LogP contribution in [0.2, 0.25) is 0 Å². The van der Waals surface area contributed by atoms with Gasteiger partial charge in [-0.1, -0.05) is 12.8 Å². The van der Waals surface area contributed by atoms with Gasteiger partial charge < -0.3 is 9.84 Å². The second-order valence-electron chi connectivity index (χ2n) is 6.96. The van der Waals surface area contributed by atoms with Crippen molar-refractivity contribution < 1.29 is 9.84 Å². The molecule has 2 aliphatic heterocycles. The van der Waals surface area contributed by atoms with E-state index in [0.717, 1.165) is 39.0 Å². The lowest BCUT2D eigenvalue weighted by Gasteiger charge is -2.47. The number of ether oxygens (including phenoxy) is 1. The lowest BCUT2D eigenvalue weighted by Crippen LogP contribution is -2.54. The molecule has 104 valence electrons. The fourth-order valence-electron chi connectivity index (χ4n) is 4.25. The lowest BCUT2D eigenvalue weighted by atomic mass is 9.85. The Morgan fingerprint density at radius 3 is 2.67 bits per heavy atom. The SMILES string of the molecule is CC1(O)CCCN(C2CCOC3(CCCC3)C2)C1. The van der Waals surface area contributed by atoms with Crippen LogP contribution in [0, 0.1) is 0 Å². The number of piperidine rings is 1. The van der Waals surface area contributed by atoms with Crippen molar-refractivity contribution in [3.8, 4) is 0 Å². The number of aliphatic hydroxyl groups is 1. The van der Waals surface area contributed by atoms with Crippen molar-refractivity contribution in [1.29, 1.82) is 0 Å². The van der Waals surface area contributed by atoms with E-state index in [4.69, 9.17) is 4.74 Å². The first-order valence-electron chi connectivity index (χ1n) is 7.69. The Morgan fingerprint density at radius 1 is 1.17 bits per heavy atom. The molecular weight excluding hydrogens is 226 g/mol. The molecule has 18 heavy (non-hydrogen) atoms. The van der Waals surface area contributed by atoms with Crippen molar-refractivity contribution >= 4 is 0 Å². The normalized spacial score (nSPS) is 41.3. The number of hydrogen-bond acceptors (Lipinski definition) is 3. The molecule has 0 radical (unpaired) electrons. The van der Waals surface area contributed by atoms with Gasteiger partial charge in [-0.25, -0.2) is 0 Å². The third-order valence-corrected chi connectivity index (χ3v) is 5.20. The van der Waals surface area contributed by atoms with E-state index in [9.17, 15) is 5.11 Å². The van der Waals surface area contributed by atoms with Crippen LogP contribution in [0.25, 0.3) is 0 Å². The van der Waals surface area contributed by atoms with Gasteiger partial charge in [-0.2, -0.15) is 0 Å². The third kappa shape index (κ3) is 2.59. The summed E-state index contributed by atoms with van der Waals surface area (Å²) >= 11 is 0. The van der Waals surface area contributed by atoms with Crippen LogP contribution < -0.4 is 0 Å². The number of likely N-dealkylation sites (tertiary alicyclic amines) is 1. The monoisotopic (exact) mass is 253 g/mol. The highest BCUT2D eigenvalue weighted by Gasteiger charge is 2.43. The van der Waals surface area contributed by atoms with E-state index in [1.54, 1.807) is 0 Å². The van der Waals surface area contributed by atoms with Gasteiger partial charge in [-0.05, 0) is 52.0 Å². The second-order valence-corrected chi connectivity index (χ2v) is 6.96. The fourth-order valence-corrected chi connectivity index (χ4v) is 4.25. The van der Waals surface area contributed by atoms with Crippen molar-refractivity contribution in [1.82, 2.24) is 4.90 Å². The average molecular weight is 253 g/mol. The number of rotatable bonds is 1. The van der Waals surface area contributed by atoms with Crippen LogP contribution in [-0.2, 0) is 4.74 Å². The maximum Gasteiger partial charge on any atom is 0.0746 e. The van der Waals surface area contributed by atoms with E-state index in [2.05, 4.69) is 4.90 Å². The summed E-state index contributed by atoms with van der Waals surface area (Å²) in [4.78, 5) is 2.53. The first-order valence-corrected chi connectivity index (χ1v) is 7.69. The van der Waals surface area contributed by atoms with Gasteiger partial charge in [-0.15, -0.1) is 0 Å². The fraction of sp³-hybridized carbons (Fsp3) is 1.00. The van der Waals surface area contributed by atoms with Crippen LogP contribution in [0.5, 0.6) is 0 Å². The van der Waals surface area contributed by atoms with Crippen LogP contribution in [0.1, 0.15) is 58.3 Å². The van der Waals surface area contributed by atoms with Crippen LogP contribution in [0.15, 0.2) is 0 Å². The van der Waals surface area contributed by atoms with E-state index in [-0.39, 0.29) is 5.60 Å². The molecule has 0 aromatic carbocycles. The molecule has 3 aliphatic rings. The molecule has 0 aromatic heterocycles. The van der Waals surface area contributed by atoms with Gasteiger partial charge in [0.25, 0.3) is 0 Å². The largest absolute Gasteiger partial charge is 0.389 e. The molecule has 0 aromatic rings. The molecule has 2 unspecified atom stereocenters. The zero-order chi connectivity index (χ0) is 12.6. The first kappa shape index (κ1) is 12.9. The lowest BCUT2D eigenvalue weighted by molar-refractivity contribution is -0.117. The Kier molecular flexibility index (Phi) is 3.41. The van der Waals surface area contributed by atoms with Crippen molar-refractivity contribution in [2.75, 3.05) is 19.7 Å². The van der Waals surface area contributed by atoms with Gasteiger partial charge in [-0.3, -0.25) is 4.90 Å². The predicted octanol–water partition coefficient (Wildman–Crippen LogP) is 2.33. The summed E-state index contributed by atoms with van der Waals surface area (Å²) < 4.78 is 6.11. The molecule has 0 bridgehead atoms. The Hall–Kier alpha value is -0.120. The zero-order valence-electron chi connectivity index (χ0n) is 11.7. The van der Waals surface area contributed by atoms with Gasteiger partial charge in [0.1, 0.15) is 0 Å². The summed E-state index contributed by atoms with van der Waals surface area (Å²) in [5, 5.41) is 10.3. The van der Waals surface area contributed by atoms with Gasteiger partial charge >= 0.3 is 0 Å². The molecule has 3 rings (SSSR count). The summed E-state index contributed by atoms with van der Waals surface area (Å²) in [7, 11) is 0. The summed E-state index contributed by atoms with van der Waals surface area (Å²) in [6.07, 6.45) is 9.63. The van der Waals surface area contributed by atoms with Gasteiger partial charge in [0.2, 0.25) is 0 Å². The van der Waals surface area contributed by atoms with Gasteiger partial charge in [0, 0.05) is 19.2 Å². The number of β-amino-alcohol motifs (C(OH)–C–C–N with tert-alkyl or cyclic N) is 1. The molecule has 2 atom stereocenters. The van der Waals surface area contributed by atoms with Crippen molar-refractivity contribution in [2.45, 2.75) is 75.5 Å². The van der Waals surface area contributed by atoms with E-state index in [1.807, 2.05) is 6.92 Å². The molecule has 1 N–H and O–H groups in total. The third-order valence-electron chi connectivity index (χ3n) is 5.20. The van der Waals surface area contributed by atoms with Crippen LogP contribution in [0.3, 0.4) is 0 Å². The summed E-state index contributed by atoms with van der Waals surface area (Å²) in [5.41, 5.74) is -0.272. The molecule has 1 spiro atoms. The first-order chi connectivity index (χ1) is 8.59. The van der Waals surface area contributed by atoms with E-state index < -0.39 is 5.60 Å². The molecule has 1 aliphatic carbocycles. The minimum Gasteiger partial charge on any atom is -0.389 e. The molecule has 2 heterocycles. The Morgan fingerprint density at radius 2 is 1.94 bits per heavy atom. The topological polar surface area (TPSA) is 32.7 Å². The Balaban J connectivity index is 1.65. The quantitative estimate of drug-likeness (QED) is 0.778. The molecule has 0 amide bonds. The highest BCUT2D eigenvalue weighted by molar-refractivity contribution is 4.96. The molecule has 1 saturated carbocycles. The second kappa shape index (κ2) is 4.77. The Bertz CT molecular complexity index is 297. The zero-order valence-corrected chi connectivity index (χ0v) is 11.7. The van der Waals surface area contributed by atoms with Crippen molar-refractivity contribution in [3.63, 3.8) is 0 Å². The highest BCUT2D eigenvalue weighted by Crippen LogP contribution is 2.41. The highest BCUT2D eigenvalue weighted by atomic mass is 16.5. The van der Waals surface area contributed by atoms with E-state index in [1.165, 1.54) is 32.1 Å². The van der Waals surface area contributed by atoms with E-state index in [0.29, 0.717) is 6.04 Å². The number of nitrogens with zero attached hydrogens (tertiary/aromatic N) is 1. The predicted molar refractivity (Wildman–Crippen MR) is 71.6 cm³/mol. The van der Waals surface area contributed by atoms with Crippen LogP contribution in [-0.4, -0.2) is 46.9 Å². The summed E-state index contributed by atoms with van der Waals surface area (Å²) in [5.74, 6) is 0. The maximum atomic E-state index is 10.3. The van der Waals surface area contributed by atoms with Crippen LogP contribution >= 0.6 is 0 Å². The smallest absolute Gasteiger partial charge is 0.0746 e. The minimum atomic E-state index is -0.473. The summed E-state index contributed by atoms with van der Waals surface area (Å²) in [6.45, 7) is 4.93. The molecule has 3 nitrogen and oxygen atoms in total. The minimum absolute atomic E-state index is 0.201. The molecular formula is C15H27NO2.